The van der Waals surface area contributed by atoms with Gasteiger partial charge >= 0.3 is 0 Å². The molecule has 0 radical (unpaired) electrons. The first kappa shape index (κ1) is 18.2. The van der Waals surface area contributed by atoms with Gasteiger partial charge in [-0.1, -0.05) is 30.0 Å². The summed E-state index contributed by atoms with van der Waals surface area (Å²) >= 11 is 3.20. The third-order valence-corrected chi connectivity index (χ3v) is 7.09. The number of thiophene rings is 1. The number of para-hydroxylation sites is 1. The maximum absolute atomic E-state index is 12.6. The SMILES string of the molecule is Cc1sc2nc([C@@H](C)Sc3cc(C)c4cccc(C)c4n3)[nH]c(=O)c2c1C. The lowest BCUT2D eigenvalue weighted by molar-refractivity contribution is 0.921. The number of aromatic amines is 1. The number of benzene rings is 1. The number of hydrogen-bond donors (Lipinski definition) is 1. The predicted octanol–water partition coefficient (Wildman–Crippen LogP) is 5.62. The molecule has 4 nitrogen and oxygen atoms in total. The van der Waals surface area contributed by atoms with E-state index in [1.54, 1.807) is 23.1 Å². The number of pyridine rings is 1. The van der Waals surface area contributed by atoms with E-state index >= 15 is 0 Å². The molecule has 0 bridgehead atoms. The monoisotopic (exact) mass is 395 g/mol. The Balaban J connectivity index is 1.73. The molecular weight excluding hydrogens is 374 g/mol. The average molecular weight is 396 g/mol. The molecule has 0 spiro atoms. The van der Waals surface area contributed by atoms with E-state index in [-0.39, 0.29) is 10.8 Å². The third-order valence-electron chi connectivity index (χ3n) is 4.96. The lowest BCUT2D eigenvalue weighted by Crippen LogP contribution is -2.12. The fourth-order valence-corrected chi connectivity index (χ4v) is 5.30. The lowest BCUT2D eigenvalue weighted by Gasteiger charge is -2.12. The van der Waals surface area contributed by atoms with E-state index in [1.165, 1.54) is 16.5 Å². The summed E-state index contributed by atoms with van der Waals surface area (Å²) in [6.07, 6.45) is 0. The smallest absolute Gasteiger partial charge is 0.259 e. The highest BCUT2D eigenvalue weighted by atomic mass is 32.2. The highest BCUT2D eigenvalue weighted by Gasteiger charge is 2.17. The lowest BCUT2D eigenvalue weighted by atomic mass is 10.1. The third kappa shape index (κ3) is 3.17. The van der Waals surface area contributed by atoms with Gasteiger partial charge in [0.1, 0.15) is 10.7 Å². The maximum atomic E-state index is 12.6. The van der Waals surface area contributed by atoms with Gasteiger partial charge in [-0.2, -0.15) is 0 Å². The van der Waals surface area contributed by atoms with Crippen LogP contribution in [0.15, 0.2) is 34.1 Å². The van der Waals surface area contributed by atoms with Crippen LogP contribution in [0.2, 0.25) is 0 Å². The van der Waals surface area contributed by atoms with Crippen molar-refractivity contribution in [2.24, 2.45) is 0 Å². The van der Waals surface area contributed by atoms with Gasteiger partial charge in [-0.15, -0.1) is 11.3 Å². The molecule has 0 fully saturated rings. The zero-order valence-electron chi connectivity index (χ0n) is 16.0. The van der Waals surface area contributed by atoms with Crippen LogP contribution in [-0.4, -0.2) is 15.0 Å². The minimum absolute atomic E-state index is 0.00168. The van der Waals surface area contributed by atoms with Crippen LogP contribution >= 0.6 is 23.1 Å². The number of nitrogens with one attached hydrogen (secondary N) is 1. The molecule has 1 aromatic carbocycles. The zero-order valence-corrected chi connectivity index (χ0v) is 17.6. The summed E-state index contributed by atoms with van der Waals surface area (Å²) in [4.78, 5) is 27.1. The van der Waals surface area contributed by atoms with Gasteiger partial charge in [-0.3, -0.25) is 4.79 Å². The van der Waals surface area contributed by atoms with Crippen LogP contribution in [0.4, 0.5) is 0 Å². The summed E-state index contributed by atoms with van der Waals surface area (Å²) in [7, 11) is 0. The standard InChI is InChI=1S/C21H21N3OS2/c1-10-7-6-8-15-11(2)9-16(22-18(10)15)26-14(5)19-23-20(25)17-12(3)13(4)27-21(17)24-19/h6-9,14H,1-5H3,(H,23,24,25)/t14-/m1/s1. The van der Waals surface area contributed by atoms with E-state index in [2.05, 4.69) is 50.0 Å². The molecule has 0 amide bonds. The first-order valence-corrected chi connectivity index (χ1v) is 10.6. The van der Waals surface area contributed by atoms with Crippen molar-refractivity contribution >= 4 is 44.2 Å². The number of aryl methyl sites for hydroxylation is 4. The summed E-state index contributed by atoms with van der Waals surface area (Å²) in [5.74, 6) is 0.697. The van der Waals surface area contributed by atoms with Crippen LogP contribution in [0.3, 0.4) is 0 Å². The molecule has 0 aliphatic carbocycles. The molecule has 0 saturated carbocycles. The van der Waals surface area contributed by atoms with Crippen molar-refractivity contribution < 1.29 is 0 Å². The van der Waals surface area contributed by atoms with Crippen LogP contribution in [0.25, 0.3) is 21.1 Å². The molecule has 3 heterocycles. The second kappa shape index (κ2) is 6.77. The van der Waals surface area contributed by atoms with Crippen molar-refractivity contribution in [3.63, 3.8) is 0 Å². The molecule has 4 aromatic rings. The normalized spacial score (nSPS) is 12.8. The Morgan fingerprint density at radius 3 is 2.67 bits per heavy atom. The summed E-state index contributed by atoms with van der Waals surface area (Å²) < 4.78 is 0. The molecule has 1 N–H and O–H groups in total. The fourth-order valence-electron chi connectivity index (χ4n) is 3.29. The molecule has 3 aromatic heterocycles. The van der Waals surface area contributed by atoms with Crippen LogP contribution in [0, 0.1) is 27.7 Å². The Kier molecular flexibility index (Phi) is 4.56. The van der Waals surface area contributed by atoms with E-state index in [9.17, 15) is 4.79 Å². The maximum Gasteiger partial charge on any atom is 0.259 e. The minimum Gasteiger partial charge on any atom is -0.309 e. The number of thioether (sulfide) groups is 1. The number of hydrogen-bond acceptors (Lipinski definition) is 5. The Bertz CT molecular complexity index is 1240. The Labute approximate surface area is 166 Å². The van der Waals surface area contributed by atoms with Crippen LogP contribution < -0.4 is 5.56 Å². The predicted molar refractivity (Wildman–Crippen MR) is 115 cm³/mol. The molecule has 6 heteroatoms. The molecule has 4 rings (SSSR count). The van der Waals surface area contributed by atoms with E-state index in [0.717, 1.165) is 25.8 Å². The number of H-pyrrole nitrogens is 1. The molecule has 138 valence electrons. The van der Waals surface area contributed by atoms with Gasteiger partial charge in [0.2, 0.25) is 0 Å². The van der Waals surface area contributed by atoms with Crippen LogP contribution in [-0.2, 0) is 0 Å². The Hall–Kier alpha value is -2.18. The summed E-state index contributed by atoms with van der Waals surface area (Å²) in [6, 6.07) is 8.37. The zero-order chi connectivity index (χ0) is 19.3. The topological polar surface area (TPSA) is 58.6 Å². The van der Waals surface area contributed by atoms with E-state index < -0.39 is 0 Å². The van der Waals surface area contributed by atoms with Crippen molar-refractivity contribution in [2.75, 3.05) is 0 Å². The highest BCUT2D eigenvalue weighted by Crippen LogP contribution is 2.35. The van der Waals surface area contributed by atoms with Crippen molar-refractivity contribution in [1.82, 2.24) is 15.0 Å². The van der Waals surface area contributed by atoms with Crippen LogP contribution in [0.1, 0.15) is 39.6 Å². The van der Waals surface area contributed by atoms with E-state index in [0.29, 0.717) is 11.2 Å². The van der Waals surface area contributed by atoms with Gasteiger partial charge < -0.3 is 4.98 Å². The molecule has 27 heavy (non-hydrogen) atoms. The van der Waals surface area contributed by atoms with Gasteiger partial charge in [0.05, 0.1) is 21.2 Å². The molecule has 0 unspecified atom stereocenters. The highest BCUT2D eigenvalue weighted by molar-refractivity contribution is 7.99. The molecule has 1 atom stereocenters. The number of nitrogens with zero attached hydrogens (tertiary/aromatic N) is 2. The fraction of sp³-hybridized carbons (Fsp3) is 0.286. The number of fused-ring (bicyclic) bond motifs is 2. The molecule has 0 aliphatic heterocycles. The Morgan fingerprint density at radius 2 is 1.89 bits per heavy atom. The second-order valence-corrected chi connectivity index (χ2v) is 9.49. The second-order valence-electron chi connectivity index (χ2n) is 6.92. The van der Waals surface area contributed by atoms with Gasteiger partial charge in [0.25, 0.3) is 5.56 Å². The largest absolute Gasteiger partial charge is 0.309 e. The number of rotatable bonds is 3. The van der Waals surface area contributed by atoms with Crippen molar-refractivity contribution in [3.8, 4) is 0 Å². The summed E-state index contributed by atoms with van der Waals surface area (Å²) in [5.41, 5.74) is 4.39. The minimum atomic E-state index is -0.0530. The van der Waals surface area contributed by atoms with Gasteiger partial charge in [-0.05, 0) is 57.4 Å². The number of aromatic nitrogens is 3. The van der Waals surface area contributed by atoms with Crippen molar-refractivity contribution in [1.29, 1.82) is 0 Å². The van der Waals surface area contributed by atoms with Crippen molar-refractivity contribution in [2.45, 2.75) is 44.9 Å². The summed E-state index contributed by atoms with van der Waals surface area (Å²) in [6.45, 7) is 10.3. The van der Waals surface area contributed by atoms with Gasteiger partial charge in [0.15, 0.2) is 0 Å². The summed E-state index contributed by atoms with van der Waals surface area (Å²) in [5, 5.41) is 2.85. The van der Waals surface area contributed by atoms with Gasteiger partial charge in [-0.25, -0.2) is 9.97 Å². The average Bonchev–Trinajstić information content (AvgIpc) is 2.90. The molecule has 0 saturated heterocycles. The van der Waals surface area contributed by atoms with E-state index in [1.807, 2.05) is 13.8 Å². The molecular formula is C21H21N3OS2. The van der Waals surface area contributed by atoms with Crippen molar-refractivity contribution in [3.05, 3.63) is 62.0 Å². The molecule has 0 aliphatic rings. The van der Waals surface area contributed by atoms with Crippen LogP contribution in [0.5, 0.6) is 0 Å². The Morgan fingerprint density at radius 1 is 1.11 bits per heavy atom. The first-order chi connectivity index (χ1) is 12.8. The van der Waals surface area contributed by atoms with E-state index in [4.69, 9.17) is 9.97 Å². The quantitative estimate of drug-likeness (QED) is 0.457. The van der Waals surface area contributed by atoms with Gasteiger partial charge in [0, 0.05) is 10.3 Å². The first-order valence-electron chi connectivity index (χ1n) is 8.88.